The number of fused-ring (bicyclic) bond motifs is 2. The maximum Gasteiger partial charge on any atom is 0.246 e. The zero-order valence-corrected chi connectivity index (χ0v) is 16.9. The summed E-state index contributed by atoms with van der Waals surface area (Å²) in [6.07, 6.45) is 1.96. The predicted molar refractivity (Wildman–Crippen MR) is 114 cm³/mol. The van der Waals surface area contributed by atoms with Gasteiger partial charge in [0.15, 0.2) is 0 Å². The minimum Gasteiger partial charge on any atom is -0.349 e. The fourth-order valence-electron chi connectivity index (χ4n) is 3.82. The Balaban J connectivity index is 1.62. The average Bonchev–Trinajstić information content (AvgIpc) is 3.08. The molecule has 6 heteroatoms. The van der Waals surface area contributed by atoms with Crippen LogP contribution < -0.4 is 10.2 Å². The molecule has 150 valence electrons. The van der Waals surface area contributed by atoms with Crippen LogP contribution in [0.15, 0.2) is 48.5 Å². The zero-order chi connectivity index (χ0) is 20.4. The quantitative estimate of drug-likeness (QED) is 0.727. The first-order valence-corrected chi connectivity index (χ1v) is 10.1. The van der Waals surface area contributed by atoms with E-state index in [1.54, 1.807) is 0 Å². The van der Waals surface area contributed by atoms with Crippen molar-refractivity contribution in [2.24, 2.45) is 5.92 Å². The minimum absolute atomic E-state index is 0.0279. The molecule has 1 aromatic heterocycles. The standard InChI is InChI=1S/C23H26N4O2/c1-16(2)23(29)24-14-21-25-18-10-4-6-12-20(18)27(21)15-22(28)26-13-7-9-17-8-3-5-11-19(17)26/h3-6,8,10-12,16H,7,9,13-15H2,1-2H3,(H,24,29). The van der Waals surface area contributed by atoms with Crippen molar-refractivity contribution in [1.29, 1.82) is 0 Å². The number of benzene rings is 2. The van der Waals surface area contributed by atoms with E-state index in [1.807, 2.05) is 65.8 Å². The average molecular weight is 390 g/mol. The largest absolute Gasteiger partial charge is 0.349 e. The number of anilines is 1. The lowest BCUT2D eigenvalue weighted by atomic mass is 10.0. The molecule has 1 aliphatic rings. The SMILES string of the molecule is CC(C)C(=O)NCc1nc2ccccc2n1CC(=O)N1CCCc2ccccc21. The molecular formula is C23H26N4O2. The van der Waals surface area contributed by atoms with E-state index in [9.17, 15) is 9.59 Å². The maximum atomic E-state index is 13.3. The molecular weight excluding hydrogens is 364 g/mol. The highest BCUT2D eigenvalue weighted by Crippen LogP contribution is 2.27. The molecule has 0 bridgehead atoms. The highest BCUT2D eigenvalue weighted by atomic mass is 16.2. The van der Waals surface area contributed by atoms with Crippen LogP contribution >= 0.6 is 0 Å². The van der Waals surface area contributed by atoms with E-state index in [2.05, 4.69) is 16.4 Å². The number of nitrogens with one attached hydrogen (secondary N) is 1. The van der Waals surface area contributed by atoms with Gasteiger partial charge in [-0.15, -0.1) is 0 Å². The van der Waals surface area contributed by atoms with Crippen LogP contribution in [0.3, 0.4) is 0 Å². The number of hydrogen-bond donors (Lipinski definition) is 1. The fourth-order valence-corrected chi connectivity index (χ4v) is 3.82. The summed E-state index contributed by atoms with van der Waals surface area (Å²) in [4.78, 5) is 31.8. The van der Waals surface area contributed by atoms with Gasteiger partial charge in [0.1, 0.15) is 12.4 Å². The van der Waals surface area contributed by atoms with Gasteiger partial charge in [-0.25, -0.2) is 4.98 Å². The molecule has 0 atom stereocenters. The summed E-state index contributed by atoms with van der Waals surface area (Å²) < 4.78 is 1.93. The summed E-state index contributed by atoms with van der Waals surface area (Å²) in [5.41, 5.74) is 3.95. The topological polar surface area (TPSA) is 67.2 Å². The maximum absolute atomic E-state index is 13.3. The van der Waals surface area contributed by atoms with Crippen LogP contribution in [-0.2, 0) is 29.1 Å². The van der Waals surface area contributed by atoms with Gasteiger partial charge in [0.25, 0.3) is 0 Å². The molecule has 1 N–H and O–H groups in total. The van der Waals surface area contributed by atoms with Crippen LogP contribution in [0.4, 0.5) is 5.69 Å². The van der Waals surface area contributed by atoms with Crippen LogP contribution in [0.5, 0.6) is 0 Å². The number of aryl methyl sites for hydroxylation is 1. The lowest BCUT2D eigenvalue weighted by Gasteiger charge is -2.29. The second-order valence-corrected chi connectivity index (χ2v) is 7.75. The molecule has 2 heterocycles. The first-order chi connectivity index (χ1) is 14.0. The van der Waals surface area contributed by atoms with Gasteiger partial charge in [-0.3, -0.25) is 9.59 Å². The monoisotopic (exact) mass is 390 g/mol. The number of carbonyl (C=O) groups excluding carboxylic acids is 2. The Morgan fingerprint density at radius 1 is 1.10 bits per heavy atom. The number of rotatable bonds is 5. The Bertz CT molecular complexity index is 1050. The third-order valence-corrected chi connectivity index (χ3v) is 5.38. The third kappa shape index (κ3) is 3.88. The van der Waals surface area contributed by atoms with Gasteiger partial charge in [-0.1, -0.05) is 44.2 Å². The predicted octanol–water partition coefficient (Wildman–Crippen LogP) is 3.29. The lowest BCUT2D eigenvalue weighted by molar-refractivity contribution is -0.124. The summed E-state index contributed by atoms with van der Waals surface area (Å²) >= 11 is 0. The molecule has 0 unspecified atom stereocenters. The summed E-state index contributed by atoms with van der Waals surface area (Å²) in [5.74, 6) is 0.606. The number of amides is 2. The van der Waals surface area contributed by atoms with Crippen LogP contribution in [0, 0.1) is 5.92 Å². The number of para-hydroxylation sites is 3. The molecule has 0 aliphatic carbocycles. The second kappa shape index (κ2) is 8.07. The first-order valence-electron chi connectivity index (χ1n) is 10.1. The van der Waals surface area contributed by atoms with E-state index in [-0.39, 0.29) is 24.3 Å². The van der Waals surface area contributed by atoms with Gasteiger partial charge >= 0.3 is 0 Å². The van der Waals surface area contributed by atoms with E-state index >= 15 is 0 Å². The number of imidazole rings is 1. The molecule has 6 nitrogen and oxygen atoms in total. The lowest BCUT2D eigenvalue weighted by Crippen LogP contribution is -2.38. The molecule has 2 aromatic carbocycles. The van der Waals surface area contributed by atoms with E-state index in [0.717, 1.165) is 36.1 Å². The van der Waals surface area contributed by atoms with E-state index in [4.69, 9.17) is 0 Å². The van der Waals surface area contributed by atoms with Crippen LogP contribution in [-0.4, -0.2) is 27.9 Å². The smallest absolute Gasteiger partial charge is 0.246 e. The van der Waals surface area contributed by atoms with Crippen molar-refractivity contribution in [3.8, 4) is 0 Å². The summed E-state index contributed by atoms with van der Waals surface area (Å²) in [7, 11) is 0. The van der Waals surface area contributed by atoms with Crippen LogP contribution in [0.1, 0.15) is 31.7 Å². The van der Waals surface area contributed by atoms with Gasteiger partial charge in [0.05, 0.1) is 17.6 Å². The van der Waals surface area contributed by atoms with Gasteiger partial charge < -0.3 is 14.8 Å². The summed E-state index contributed by atoms with van der Waals surface area (Å²) in [5, 5.41) is 2.92. The van der Waals surface area contributed by atoms with Gasteiger partial charge in [-0.05, 0) is 36.6 Å². The van der Waals surface area contributed by atoms with Crippen LogP contribution in [0.2, 0.25) is 0 Å². The summed E-state index contributed by atoms with van der Waals surface area (Å²) in [6.45, 7) is 4.93. The molecule has 0 saturated heterocycles. The minimum atomic E-state index is -0.0979. The number of aromatic nitrogens is 2. The van der Waals surface area contributed by atoms with E-state index < -0.39 is 0 Å². The fraction of sp³-hybridized carbons (Fsp3) is 0.348. The highest BCUT2D eigenvalue weighted by Gasteiger charge is 2.24. The second-order valence-electron chi connectivity index (χ2n) is 7.75. The van der Waals surface area contributed by atoms with Crippen molar-refractivity contribution in [2.75, 3.05) is 11.4 Å². The van der Waals surface area contributed by atoms with Gasteiger partial charge in [0, 0.05) is 18.2 Å². The Kier molecular flexibility index (Phi) is 5.34. The van der Waals surface area contributed by atoms with E-state index in [1.165, 1.54) is 5.56 Å². The van der Waals surface area contributed by atoms with E-state index in [0.29, 0.717) is 12.4 Å². The Morgan fingerprint density at radius 2 is 1.86 bits per heavy atom. The van der Waals surface area contributed by atoms with Crippen molar-refractivity contribution < 1.29 is 9.59 Å². The molecule has 0 radical (unpaired) electrons. The molecule has 4 rings (SSSR count). The van der Waals surface area contributed by atoms with Crippen molar-refractivity contribution in [3.05, 3.63) is 59.9 Å². The molecule has 29 heavy (non-hydrogen) atoms. The van der Waals surface area contributed by atoms with Crippen molar-refractivity contribution in [1.82, 2.24) is 14.9 Å². The first kappa shape index (κ1) is 19.2. The molecule has 0 saturated carbocycles. The molecule has 1 aliphatic heterocycles. The Hall–Kier alpha value is -3.15. The highest BCUT2D eigenvalue weighted by molar-refractivity contribution is 5.95. The van der Waals surface area contributed by atoms with Crippen molar-refractivity contribution in [3.63, 3.8) is 0 Å². The van der Waals surface area contributed by atoms with Gasteiger partial charge in [0.2, 0.25) is 11.8 Å². The molecule has 2 amide bonds. The Morgan fingerprint density at radius 3 is 2.69 bits per heavy atom. The number of carbonyl (C=O) groups is 2. The normalized spacial score (nSPS) is 13.6. The number of nitrogens with zero attached hydrogens (tertiary/aromatic N) is 3. The summed E-state index contributed by atoms with van der Waals surface area (Å²) in [6, 6.07) is 15.9. The van der Waals surface area contributed by atoms with Gasteiger partial charge in [-0.2, -0.15) is 0 Å². The molecule has 3 aromatic rings. The van der Waals surface area contributed by atoms with Crippen molar-refractivity contribution >= 4 is 28.5 Å². The van der Waals surface area contributed by atoms with Crippen molar-refractivity contribution in [2.45, 2.75) is 39.8 Å². The zero-order valence-electron chi connectivity index (χ0n) is 16.9. The van der Waals surface area contributed by atoms with Crippen LogP contribution in [0.25, 0.3) is 11.0 Å². The third-order valence-electron chi connectivity index (χ3n) is 5.38. The number of hydrogen-bond acceptors (Lipinski definition) is 3. The molecule has 0 spiro atoms. The Labute approximate surface area is 170 Å². The molecule has 0 fully saturated rings.